The average Bonchev–Trinajstić information content (AvgIpc) is 2.62. The lowest BCUT2D eigenvalue weighted by Crippen LogP contribution is -2.42. The summed E-state index contributed by atoms with van der Waals surface area (Å²) in [7, 11) is -3.91. The van der Waals surface area contributed by atoms with E-state index in [-0.39, 0.29) is 4.90 Å². The fraction of sp³-hybridized carbons (Fsp3) is 0.200. The molecule has 0 aliphatic heterocycles. The van der Waals surface area contributed by atoms with Crippen LogP contribution in [0.15, 0.2) is 70.6 Å². The van der Waals surface area contributed by atoms with Crippen molar-refractivity contribution in [2.45, 2.75) is 35.3 Å². The molecule has 1 N–H and O–H groups in total. The van der Waals surface area contributed by atoms with Crippen LogP contribution in [0.3, 0.4) is 0 Å². The molecule has 0 fully saturated rings. The van der Waals surface area contributed by atoms with Crippen molar-refractivity contribution in [3.05, 3.63) is 66.4 Å². The van der Waals surface area contributed by atoms with Crippen LogP contribution in [-0.2, 0) is 14.8 Å². The number of hydrogen-bond acceptors (Lipinski definition) is 5. The van der Waals surface area contributed by atoms with E-state index in [1.165, 1.54) is 23.9 Å². The van der Waals surface area contributed by atoms with Gasteiger partial charge in [0.05, 0.1) is 15.2 Å². The molecule has 0 atom stereocenters. The van der Waals surface area contributed by atoms with Gasteiger partial charge >= 0.3 is 0 Å². The Morgan fingerprint density at radius 2 is 1.78 bits per heavy atom. The Balaban J connectivity index is 1.87. The second-order valence-corrected chi connectivity index (χ2v) is 10.0. The lowest BCUT2D eigenvalue weighted by Gasteiger charge is -2.23. The average molecular weight is 401 g/mol. The molecule has 2 aromatic carbocycles. The minimum atomic E-state index is -3.91. The second kappa shape index (κ2) is 7.32. The summed E-state index contributed by atoms with van der Waals surface area (Å²) in [4.78, 5) is 18.0. The number of sulfonamides is 1. The summed E-state index contributed by atoms with van der Waals surface area (Å²) in [5, 5.41) is 0.939. The SMILES string of the molecule is Cc1ccc2nccc(SC(C)(C)C(=O)NS(=O)(=O)c3ccccc3)c2c1. The number of carbonyl (C=O) groups is 1. The van der Waals surface area contributed by atoms with Crippen LogP contribution in [0.25, 0.3) is 10.9 Å². The van der Waals surface area contributed by atoms with Crippen LogP contribution >= 0.6 is 11.8 Å². The van der Waals surface area contributed by atoms with Crippen molar-refractivity contribution >= 4 is 38.6 Å². The molecule has 5 nitrogen and oxygen atoms in total. The van der Waals surface area contributed by atoms with Crippen molar-refractivity contribution in [3.63, 3.8) is 0 Å². The number of benzene rings is 2. The number of carbonyl (C=O) groups excluding carboxylic acids is 1. The Bertz CT molecular complexity index is 1090. The number of nitrogens with one attached hydrogen (secondary N) is 1. The maximum atomic E-state index is 12.7. The van der Waals surface area contributed by atoms with Gasteiger partial charge < -0.3 is 0 Å². The minimum absolute atomic E-state index is 0.0594. The number of aromatic nitrogens is 1. The van der Waals surface area contributed by atoms with Crippen molar-refractivity contribution in [1.82, 2.24) is 9.71 Å². The maximum absolute atomic E-state index is 12.7. The molecule has 0 spiro atoms. The van der Waals surface area contributed by atoms with Crippen molar-refractivity contribution in [2.75, 3.05) is 0 Å². The van der Waals surface area contributed by atoms with E-state index in [1.54, 1.807) is 38.2 Å². The van der Waals surface area contributed by atoms with E-state index in [2.05, 4.69) is 9.71 Å². The second-order valence-electron chi connectivity index (χ2n) is 6.69. The molecule has 3 aromatic rings. The van der Waals surface area contributed by atoms with E-state index in [0.29, 0.717) is 0 Å². The highest BCUT2D eigenvalue weighted by Gasteiger charge is 2.33. The van der Waals surface area contributed by atoms with Crippen LogP contribution < -0.4 is 4.72 Å². The molecular weight excluding hydrogens is 380 g/mol. The quantitative estimate of drug-likeness (QED) is 0.657. The number of pyridine rings is 1. The lowest BCUT2D eigenvalue weighted by atomic mass is 10.1. The molecule has 1 aromatic heterocycles. The molecule has 0 unspecified atom stereocenters. The van der Waals surface area contributed by atoms with Gasteiger partial charge in [0.2, 0.25) is 5.91 Å². The first-order valence-electron chi connectivity index (χ1n) is 8.36. The zero-order valence-electron chi connectivity index (χ0n) is 15.3. The van der Waals surface area contributed by atoms with Crippen LogP contribution in [0.1, 0.15) is 19.4 Å². The molecule has 1 heterocycles. The zero-order chi connectivity index (χ0) is 19.7. The number of amides is 1. The van der Waals surface area contributed by atoms with Crippen molar-refractivity contribution in [2.24, 2.45) is 0 Å². The molecule has 0 aliphatic carbocycles. The normalized spacial score (nSPS) is 12.1. The molecule has 0 radical (unpaired) electrons. The monoisotopic (exact) mass is 400 g/mol. The number of fused-ring (bicyclic) bond motifs is 1. The predicted molar refractivity (Wildman–Crippen MR) is 108 cm³/mol. The van der Waals surface area contributed by atoms with E-state index in [0.717, 1.165) is 21.4 Å². The highest BCUT2D eigenvalue weighted by atomic mass is 32.2. The van der Waals surface area contributed by atoms with Gasteiger partial charge in [-0.25, -0.2) is 13.1 Å². The van der Waals surface area contributed by atoms with Gasteiger partial charge in [-0.2, -0.15) is 0 Å². The van der Waals surface area contributed by atoms with Crippen molar-refractivity contribution in [1.29, 1.82) is 0 Å². The largest absolute Gasteiger partial charge is 0.272 e. The Hall–Kier alpha value is -2.38. The predicted octanol–water partition coefficient (Wildman–Crippen LogP) is 3.92. The molecule has 0 bridgehead atoms. The van der Waals surface area contributed by atoms with Crippen molar-refractivity contribution in [3.8, 4) is 0 Å². The number of nitrogens with zero attached hydrogens (tertiary/aromatic N) is 1. The van der Waals surface area contributed by atoms with E-state index in [1.807, 2.05) is 31.2 Å². The van der Waals surface area contributed by atoms with Gasteiger partial charge in [0.25, 0.3) is 10.0 Å². The number of rotatable bonds is 5. The van der Waals surface area contributed by atoms with E-state index in [9.17, 15) is 13.2 Å². The highest BCUT2D eigenvalue weighted by Crippen LogP contribution is 2.37. The Morgan fingerprint density at radius 3 is 2.48 bits per heavy atom. The Morgan fingerprint density at radius 1 is 1.07 bits per heavy atom. The summed E-state index contributed by atoms with van der Waals surface area (Å²) >= 11 is 1.31. The Kier molecular flexibility index (Phi) is 5.26. The maximum Gasteiger partial charge on any atom is 0.264 e. The third-order valence-corrected chi connectivity index (χ3v) is 6.67. The van der Waals surface area contributed by atoms with Gasteiger partial charge in [-0.15, -0.1) is 11.8 Å². The fourth-order valence-corrected chi connectivity index (χ4v) is 4.84. The first kappa shape index (κ1) is 19.4. The summed E-state index contributed by atoms with van der Waals surface area (Å²) in [6.45, 7) is 5.40. The molecule has 0 saturated heterocycles. The van der Waals surface area contributed by atoms with Gasteiger partial charge in [-0.3, -0.25) is 9.78 Å². The Labute approximate surface area is 163 Å². The van der Waals surface area contributed by atoms with Crippen LogP contribution in [0.4, 0.5) is 0 Å². The molecule has 1 amide bonds. The van der Waals surface area contributed by atoms with Crippen LogP contribution in [0.5, 0.6) is 0 Å². The number of thioether (sulfide) groups is 1. The number of aryl methyl sites for hydroxylation is 1. The van der Waals surface area contributed by atoms with Crippen molar-refractivity contribution < 1.29 is 13.2 Å². The summed E-state index contributed by atoms with van der Waals surface area (Å²) < 4.78 is 26.1. The lowest BCUT2D eigenvalue weighted by molar-refractivity contribution is -0.120. The molecule has 0 saturated carbocycles. The van der Waals surface area contributed by atoms with E-state index in [4.69, 9.17) is 0 Å². The highest BCUT2D eigenvalue weighted by molar-refractivity contribution is 8.01. The molecule has 27 heavy (non-hydrogen) atoms. The van der Waals surface area contributed by atoms with Crippen LogP contribution in [-0.4, -0.2) is 24.1 Å². The van der Waals surface area contributed by atoms with Gasteiger partial charge in [0.1, 0.15) is 0 Å². The molecular formula is C20H20N2O3S2. The third-order valence-electron chi connectivity index (χ3n) is 4.05. The van der Waals surface area contributed by atoms with E-state index < -0.39 is 20.7 Å². The molecule has 0 aliphatic rings. The van der Waals surface area contributed by atoms with Gasteiger partial charge in [0, 0.05) is 16.5 Å². The third kappa shape index (κ3) is 4.31. The summed E-state index contributed by atoms with van der Waals surface area (Å²) in [6, 6.07) is 15.6. The molecule has 3 rings (SSSR count). The van der Waals surface area contributed by atoms with E-state index >= 15 is 0 Å². The van der Waals surface area contributed by atoms with Crippen LogP contribution in [0, 0.1) is 6.92 Å². The fourth-order valence-electron chi connectivity index (χ4n) is 2.55. The first-order valence-corrected chi connectivity index (χ1v) is 10.7. The first-order chi connectivity index (χ1) is 12.7. The smallest absolute Gasteiger partial charge is 0.264 e. The summed E-state index contributed by atoms with van der Waals surface area (Å²) in [6.07, 6.45) is 1.69. The summed E-state index contributed by atoms with van der Waals surface area (Å²) in [5.41, 5.74) is 1.92. The molecule has 7 heteroatoms. The van der Waals surface area contributed by atoms with Gasteiger partial charge in [-0.05, 0) is 51.1 Å². The van der Waals surface area contributed by atoms with Gasteiger partial charge in [0.15, 0.2) is 0 Å². The molecule has 140 valence electrons. The van der Waals surface area contributed by atoms with Gasteiger partial charge in [-0.1, -0.05) is 29.8 Å². The zero-order valence-corrected chi connectivity index (χ0v) is 16.9. The summed E-state index contributed by atoms with van der Waals surface area (Å²) in [5.74, 6) is -0.575. The minimum Gasteiger partial charge on any atom is -0.272 e. The van der Waals surface area contributed by atoms with Crippen LogP contribution in [0.2, 0.25) is 0 Å². The standard InChI is InChI=1S/C20H20N2O3S2/c1-14-9-10-17-16(13-14)18(11-12-21-17)26-20(2,3)19(23)22-27(24,25)15-7-5-4-6-8-15/h4-13H,1-3H3,(H,22,23). The topological polar surface area (TPSA) is 76.1 Å². The number of hydrogen-bond donors (Lipinski definition) is 1.